The van der Waals surface area contributed by atoms with Crippen molar-refractivity contribution in [3.05, 3.63) is 77.9 Å². The highest BCUT2D eigenvalue weighted by Crippen LogP contribution is 2.26. The number of fused-ring (bicyclic) bond motifs is 1. The molecule has 1 atom stereocenters. The summed E-state index contributed by atoms with van der Waals surface area (Å²) in [5.74, 6) is 0.542. The van der Waals surface area contributed by atoms with Gasteiger partial charge in [-0.05, 0) is 42.0 Å². The van der Waals surface area contributed by atoms with Crippen LogP contribution in [0.15, 0.2) is 66.7 Å². The van der Waals surface area contributed by atoms with Gasteiger partial charge in [-0.25, -0.2) is 4.79 Å². The van der Waals surface area contributed by atoms with Gasteiger partial charge in [-0.2, -0.15) is 0 Å². The van der Waals surface area contributed by atoms with Crippen LogP contribution in [0.25, 0.3) is 10.8 Å². The molecule has 0 spiro atoms. The van der Waals surface area contributed by atoms with E-state index >= 15 is 0 Å². The predicted molar refractivity (Wildman–Crippen MR) is 104 cm³/mol. The van der Waals surface area contributed by atoms with Gasteiger partial charge in [0.1, 0.15) is 19.0 Å². The summed E-state index contributed by atoms with van der Waals surface area (Å²) in [6.45, 7) is 1.53. The number of carbonyl (C=O) groups excluding carboxylic acids is 1. The van der Waals surface area contributed by atoms with Crippen LogP contribution in [0.5, 0.6) is 5.75 Å². The van der Waals surface area contributed by atoms with E-state index in [-0.39, 0.29) is 12.1 Å². The zero-order chi connectivity index (χ0) is 18.5. The van der Waals surface area contributed by atoms with Crippen molar-refractivity contribution in [2.24, 2.45) is 0 Å². The van der Waals surface area contributed by atoms with Crippen LogP contribution in [0, 0.1) is 0 Å². The van der Waals surface area contributed by atoms with Crippen molar-refractivity contribution in [1.29, 1.82) is 0 Å². The minimum Gasteiger partial charge on any atom is -0.488 e. The largest absolute Gasteiger partial charge is 0.488 e. The molecule has 27 heavy (non-hydrogen) atoms. The lowest BCUT2D eigenvalue weighted by Crippen LogP contribution is -2.17. The predicted octanol–water partition coefficient (Wildman–Crippen LogP) is 4.75. The number of benzene rings is 3. The van der Waals surface area contributed by atoms with Gasteiger partial charge in [0, 0.05) is 12.0 Å². The molecule has 0 aliphatic carbocycles. The normalized spacial score (nSPS) is 16.4. The van der Waals surface area contributed by atoms with Crippen LogP contribution in [-0.4, -0.2) is 25.3 Å². The summed E-state index contributed by atoms with van der Waals surface area (Å²) in [7, 11) is 0. The Morgan fingerprint density at radius 2 is 1.81 bits per heavy atom. The van der Waals surface area contributed by atoms with Crippen LogP contribution in [-0.2, 0) is 16.1 Å². The third-order valence-electron chi connectivity index (χ3n) is 4.76. The van der Waals surface area contributed by atoms with Crippen LogP contribution < -0.4 is 4.74 Å². The molecular weight excluding hydrogens is 340 g/mol. The van der Waals surface area contributed by atoms with Crippen molar-refractivity contribution < 1.29 is 19.0 Å². The molecule has 0 saturated carbocycles. The molecule has 0 aromatic heterocycles. The maximum absolute atomic E-state index is 12.1. The van der Waals surface area contributed by atoms with Gasteiger partial charge in [-0.1, -0.05) is 48.5 Å². The first kappa shape index (κ1) is 17.6. The standard InChI is InChI=1S/C23H22O4/c24-23(27-16-20-7-4-14-25-20)19-12-10-17(11-13-19)15-26-22-9-3-6-18-5-1-2-8-21(18)22/h1-3,5-6,8-13,20H,4,7,14-16H2/t20-/m1/s1. The van der Waals surface area contributed by atoms with E-state index < -0.39 is 0 Å². The third kappa shape index (κ3) is 4.29. The molecule has 1 heterocycles. The van der Waals surface area contributed by atoms with Gasteiger partial charge >= 0.3 is 5.97 Å². The van der Waals surface area contributed by atoms with Crippen molar-refractivity contribution in [3.63, 3.8) is 0 Å². The molecule has 4 rings (SSSR count). The van der Waals surface area contributed by atoms with Crippen LogP contribution in [0.2, 0.25) is 0 Å². The average molecular weight is 362 g/mol. The van der Waals surface area contributed by atoms with Gasteiger partial charge in [-0.3, -0.25) is 0 Å². The Morgan fingerprint density at radius 1 is 1.00 bits per heavy atom. The maximum Gasteiger partial charge on any atom is 0.338 e. The fraction of sp³-hybridized carbons (Fsp3) is 0.261. The summed E-state index contributed by atoms with van der Waals surface area (Å²) < 4.78 is 16.8. The second kappa shape index (κ2) is 8.23. The molecule has 0 radical (unpaired) electrons. The molecule has 1 saturated heterocycles. The van der Waals surface area contributed by atoms with Gasteiger partial charge in [0.25, 0.3) is 0 Å². The average Bonchev–Trinajstić information content (AvgIpc) is 3.24. The van der Waals surface area contributed by atoms with Crippen molar-refractivity contribution in [3.8, 4) is 5.75 Å². The highest BCUT2D eigenvalue weighted by atomic mass is 16.6. The second-order valence-electron chi connectivity index (χ2n) is 6.70. The lowest BCUT2D eigenvalue weighted by molar-refractivity contribution is 0.0161. The fourth-order valence-corrected chi connectivity index (χ4v) is 3.25. The topological polar surface area (TPSA) is 44.8 Å². The highest BCUT2D eigenvalue weighted by Gasteiger charge is 2.18. The molecule has 4 nitrogen and oxygen atoms in total. The van der Waals surface area contributed by atoms with E-state index in [0.717, 1.165) is 41.5 Å². The van der Waals surface area contributed by atoms with E-state index in [1.165, 1.54) is 0 Å². The van der Waals surface area contributed by atoms with E-state index in [0.29, 0.717) is 18.8 Å². The van der Waals surface area contributed by atoms with Gasteiger partial charge in [0.2, 0.25) is 0 Å². The summed E-state index contributed by atoms with van der Waals surface area (Å²) in [5, 5.41) is 2.24. The van der Waals surface area contributed by atoms with Crippen LogP contribution in [0.1, 0.15) is 28.8 Å². The molecule has 0 amide bonds. The molecule has 1 fully saturated rings. The van der Waals surface area contributed by atoms with E-state index in [9.17, 15) is 4.79 Å². The van der Waals surface area contributed by atoms with Gasteiger partial charge in [-0.15, -0.1) is 0 Å². The smallest absolute Gasteiger partial charge is 0.338 e. The molecule has 3 aromatic carbocycles. The lowest BCUT2D eigenvalue weighted by Gasteiger charge is -2.11. The number of hydrogen-bond donors (Lipinski definition) is 0. The van der Waals surface area contributed by atoms with Crippen molar-refractivity contribution in [2.45, 2.75) is 25.6 Å². The summed E-state index contributed by atoms with van der Waals surface area (Å²) in [6.07, 6.45) is 2.04. The Kier molecular flexibility index (Phi) is 5.35. The molecule has 3 aromatic rings. The van der Waals surface area contributed by atoms with E-state index in [4.69, 9.17) is 14.2 Å². The minimum absolute atomic E-state index is 0.0438. The summed E-state index contributed by atoms with van der Waals surface area (Å²) in [4.78, 5) is 12.1. The third-order valence-corrected chi connectivity index (χ3v) is 4.76. The molecule has 1 aliphatic rings. The van der Waals surface area contributed by atoms with Crippen molar-refractivity contribution in [2.75, 3.05) is 13.2 Å². The zero-order valence-electron chi connectivity index (χ0n) is 15.1. The minimum atomic E-state index is -0.313. The van der Waals surface area contributed by atoms with E-state index in [2.05, 4.69) is 18.2 Å². The van der Waals surface area contributed by atoms with Gasteiger partial charge in [0.05, 0.1) is 11.7 Å². The molecule has 1 aliphatic heterocycles. The molecule has 138 valence electrons. The van der Waals surface area contributed by atoms with E-state index in [1.807, 2.05) is 36.4 Å². The van der Waals surface area contributed by atoms with Crippen LogP contribution >= 0.6 is 0 Å². The Bertz CT molecular complexity index is 906. The SMILES string of the molecule is O=C(OC[C@H]1CCCO1)c1ccc(COc2cccc3ccccc23)cc1. The summed E-state index contributed by atoms with van der Waals surface area (Å²) in [6, 6.07) is 21.5. The number of rotatable bonds is 6. The summed E-state index contributed by atoms with van der Waals surface area (Å²) in [5.41, 5.74) is 1.54. The number of esters is 1. The maximum atomic E-state index is 12.1. The fourth-order valence-electron chi connectivity index (χ4n) is 3.25. The first-order valence-corrected chi connectivity index (χ1v) is 9.28. The van der Waals surface area contributed by atoms with Gasteiger partial charge in [0.15, 0.2) is 0 Å². The Labute approximate surface area is 158 Å². The quantitative estimate of drug-likeness (QED) is 0.593. The molecule has 0 unspecified atom stereocenters. The van der Waals surface area contributed by atoms with Crippen LogP contribution in [0.4, 0.5) is 0 Å². The van der Waals surface area contributed by atoms with E-state index in [1.54, 1.807) is 12.1 Å². The Hall–Kier alpha value is -2.85. The first-order chi connectivity index (χ1) is 13.3. The first-order valence-electron chi connectivity index (χ1n) is 9.28. The second-order valence-corrected chi connectivity index (χ2v) is 6.70. The number of carbonyl (C=O) groups is 1. The monoisotopic (exact) mass is 362 g/mol. The Balaban J connectivity index is 1.35. The summed E-state index contributed by atoms with van der Waals surface area (Å²) >= 11 is 0. The van der Waals surface area contributed by atoms with Crippen molar-refractivity contribution in [1.82, 2.24) is 0 Å². The van der Waals surface area contributed by atoms with Gasteiger partial charge < -0.3 is 14.2 Å². The molecule has 0 N–H and O–H groups in total. The molecular formula is C23H22O4. The lowest BCUT2D eigenvalue weighted by atomic mass is 10.1. The zero-order valence-corrected chi connectivity index (χ0v) is 15.1. The number of hydrogen-bond acceptors (Lipinski definition) is 4. The number of ether oxygens (including phenoxy) is 3. The Morgan fingerprint density at radius 3 is 2.63 bits per heavy atom. The molecule has 0 bridgehead atoms. The van der Waals surface area contributed by atoms with Crippen LogP contribution in [0.3, 0.4) is 0 Å². The van der Waals surface area contributed by atoms with Crippen molar-refractivity contribution >= 4 is 16.7 Å². The molecule has 4 heteroatoms. The highest BCUT2D eigenvalue weighted by molar-refractivity contribution is 5.89.